The predicted molar refractivity (Wildman–Crippen MR) is 112 cm³/mol. The van der Waals surface area contributed by atoms with Gasteiger partial charge in [0.15, 0.2) is 11.6 Å². The minimum Gasteiger partial charge on any atom is -0.357 e. The van der Waals surface area contributed by atoms with E-state index in [9.17, 15) is 28.0 Å². The van der Waals surface area contributed by atoms with Crippen molar-refractivity contribution in [3.8, 4) is 0 Å². The Bertz CT molecular complexity index is 1040. The van der Waals surface area contributed by atoms with Crippen molar-refractivity contribution in [2.75, 3.05) is 25.0 Å². The normalized spacial score (nSPS) is 14.1. The largest absolute Gasteiger partial charge is 0.357 e. The molecular formula is C22H22F2N4O4. The van der Waals surface area contributed by atoms with Crippen LogP contribution in [0.5, 0.6) is 0 Å². The smallest absolute Gasteiger partial charge is 0.251 e. The van der Waals surface area contributed by atoms with Gasteiger partial charge in [-0.3, -0.25) is 19.2 Å². The van der Waals surface area contributed by atoms with Gasteiger partial charge in [0.25, 0.3) is 5.91 Å². The van der Waals surface area contributed by atoms with Gasteiger partial charge in [0.2, 0.25) is 17.7 Å². The van der Waals surface area contributed by atoms with Gasteiger partial charge in [0.05, 0.1) is 6.54 Å². The minimum atomic E-state index is -1.27. The third-order valence-corrected chi connectivity index (χ3v) is 5.01. The van der Waals surface area contributed by atoms with E-state index in [-0.39, 0.29) is 17.0 Å². The van der Waals surface area contributed by atoms with Gasteiger partial charge in [-0.1, -0.05) is 6.07 Å². The second kappa shape index (κ2) is 9.99. The SMILES string of the molecule is CNC(=O)C(NC(=O)CNC(=O)c1ccc(N2CCCC2=O)cc1)c1ccc(F)c(F)c1. The van der Waals surface area contributed by atoms with E-state index in [1.54, 1.807) is 29.2 Å². The monoisotopic (exact) mass is 444 g/mol. The van der Waals surface area contributed by atoms with Crippen molar-refractivity contribution in [3.63, 3.8) is 0 Å². The van der Waals surface area contributed by atoms with Crippen LogP contribution in [-0.4, -0.2) is 43.8 Å². The summed E-state index contributed by atoms with van der Waals surface area (Å²) < 4.78 is 26.7. The van der Waals surface area contributed by atoms with Crippen molar-refractivity contribution < 1.29 is 28.0 Å². The number of carbonyl (C=O) groups is 4. The number of hydrogen-bond donors (Lipinski definition) is 3. The maximum Gasteiger partial charge on any atom is 0.251 e. The molecule has 1 atom stereocenters. The molecule has 0 radical (unpaired) electrons. The lowest BCUT2D eigenvalue weighted by atomic mass is 10.1. The molecule has 3 rings (SSSR count). The molecule has 1 heterocycles. The highest BCUT2D eigenvalue weighted by Gasteiger charge is 2.24. The zero-order valence-electron chi connectivity index (χ0n) is 17.3. The second-order valence-corrected chi connectivity index (χ2v) is 7.17. The molecule has 0 aliphatic carbocycles. The first kappa shape index (κ1) is 22.9. The zero-order valence-corrected chi connectivity index (χ0v) is 17.3. The van der Waals surface area contributed by atoms with E-state index in [0.29, 0.717) is 18.7 Å². The lowest BCUT2D eigenvalue weighted by Gasteiger charge is -2.18. The molecule has 0 spiro atoms. The first-order valence-electron chi connectivity index (χ1n) is 9.94. The van der Waals surface area contributed by atoms with Crippen molar-refractivity contribution >= 4 is 29.3 Å². The van der Waals surface area contributed by atoms with E-state index in [2.05, 4.69) is 16.0 Å². The Hall–Kier alpha value is -3.82. The zero-order chi connectivity index (χ0) is 23.3. The van der Waals surface area contributed by atoms with E-state index < -0.39 is 41.9 Å². The molecule has 2 aromatic rings. The standard InChI is InChI=1S/C22H22F2N4O4/c1-25-22(32)20(14-6-9-16(23)17(24)11-14)27-18(29)12-26-21(31)13-4-7-15(8-5-13)28-10-2-3-19(28)30/h4-9,11,20H,2-3,10,12H2,1H3,(H,25,32)(H,26,31)(H,27,29). The summed E-state index contributed by atoms with van der Waals surface area (Å²) in [4.78, 5) is 50.2. The Morgan fingerprint density at radius 3 is 2.38 bits per heavy atom. The highest BCUT2D eigenvalue weighted by Crippen LogP contribution is 2.21. The Morgan fingerprint density at radius 1 is 1.06 bits per heavy atom. The van der Waals surface area contributed by atoms with Crippen LogP contribution in [0.3, 0.4) is 0 Å². The van der Waals surface area contributed by atoms with E-state index in [1.165, 1.54) is 13.1 Å². The molecule has 1 unspecified atom stereocenters. The average molecular weight is 444 g/mol. The molecule has 1 saturated heterocycles. The molecule has 0 bridgehead atoms. The molecule has 0 aromatic heterocycles. The van der Waals surface area contributed by atoms with Gasteiger partial charge < -0.3 is 20.9 Å². The van der Waals surface area contributed by atoms with Crippen LogP contribution in [0.25, 0.3) is 0 Å². The molecule has 168 valence electrons. The van der Waals surface area contributed by atoms with Crippen molar-refractivity contribution in [1.82, 2.24) is 16.0 Å². The highest BCUT2D eigenvalue weighted by molar-refractivity contribution is 5.99. The van der Waals surface area contributed by atoms with E-state index in [4.69, 9.17) is 0 Å². The molecule has 2 aromatic carbocycles. The summed E-state index contributed by atoms with van der Waals surface area (Å²) in [5.74, 6) is -4.06. The fourth-order valence-corrected chi connectivity index (χ4v) is 3.33. The van der Waals surface area contributed by atoms with Crippen molar-refractivity contribution in [2.45, 2.75) is 18.9 Å². The van der Waals surface area contributed by atoms with Gasteiger partial charge in [-0.2, -0.15) is 0 Å². The maximum absolute atomic E-state index is 13.5. The summed E-state index contributed by atoms with van der Waals surface area (Å²) in [6.07, 6.45) is 1.29. The Kier molecular flexibility index (Phi) is 7.14. The summed E-state index contributed by atoms with van der Waals surface area (Å²) in [6, 6.07) is 7.99. The number of benzene rings is 2. The van der Waals surface area contributed by atoms with Gasteiger partial charge >= 0.3 is 0 Å². The highest BCUT2D eigenvalue weighted by atomic mass is 19.2. The average Bonchev–Trinajstić information content (AvgIpc) is 3.23. The number of carbonyl (C=O) groups excluding carboxylic acids is 4. The Balaban J connectivity index is 1.59. The molecule has 1 fully saturated rings. The van der Waals surface area contributed by atoms with Crippen molar-refractivity contribution in [2.24, 2.45) is 0 Å². The van der Waals surface area contributed by atoms with Crippen LogP contribution in [0.4, 0.5) is 14.5 Å². The number of amides is 4. The maximum atomic E-state index is 13.5. The van der Waals surface area contributed by atoms with Gasteiger partial charge in [-0.15, -0.1) is 0 Å². The van der Waals surface area contributed by atoms with Crippen LogP contribution in [0.1, 0.15) is 34.8 Å². The number of nitrogens with zero attached hydrogens (tertiary/aromatic N) is 1. The van der Waals surface area contributed by atoms with Crippen LogP contribution in [0, 0.1) is 11.6 Å². The number of hydrogen-bond acceptors (Lipinski definition) is 4. The van der Waals surface area contributed by atoms with Crippen LogP contribution in [0.15, 0.2) is 42.5 Å². The van der Waals surface area contributed by atoms with E-state index in [1.807, 2.05) is 0 Å². The van der Waals surface area contributed by atoms with E-state index >= 15 is 0 Å². The molecule has 4 amide bonds. The lowest BCUT2D eigenvalue weighted by Crippen LogP contribution is -2.43. The molecule has 32 heavy (non-hydrogen) atoms. The number of likely N-dealkylation sites (N-methyl/N-ethyl adjacent to an activating group) is 1. The summed E-state index contributed by atoms with van der Waals surface area (Å²) in [5, 5.41) is 7.16. The van der Waals surface area contributed by atoms with Crippen LogP contribution < -0.4 is 20.9 Å². The molecular weight excluding hydrogens is 422 g/mol. The predicted octanol–water partition coefficient (Wildman–Crippen LogP) is 1.42. The number of nitrogens with one attached hydrogen (secondary N) is 3. The Labute approximate surface area is 183 Å². The molecule has 10 heteroatoms. The van der Waals surface area contributed by atoms with Gasteiger partial charge in [-0.25, -0.2) is 8.78 Å². The van der Waals surface area contributed by atoms with E-state index in [0.717, 1.165) is 18.6 Å². The van der Waals surface area contributed by atoms with Crippen LogP contribution >= 0.6 is 0 Å². The van der Waals surface area contributed by atoms with Crippen molar-refractivity contribution in [1.29, 1.82) is 0 Å². The summed E-state index contributed by atoms with van der Waals surface area (Å²) in [7, 11) is 1.34. The number of halogens is 2. The van der Waals surface area contributed by atoms with Crippen LogP contribution in [-0.2, 0) is 14.4 Å². The topological polar surface area (TPSA) is 108 Å². The third-order valence-electron chi connectivity index (χ3n) is 5.01. The molecule has 8 nitrogen and oxygen atoms in total. The first-order valence-corrected chi connectivity index (χ1v) is 9.94. The quantitative estimate of drug-likeness (QED) is 0.600. The lowest BCUT2D eigenvalue weighted by molar-refractivity contribution is -0.128. The third kappa shape index (κ3) is 5.26. The number of rotatable bonds is 7. The first-order chi connectivity index (χ1) is 15.3. The van der Waals surface area contributed by atoms with Crippen molar-refractivity contribution in [3.05, 3.63) is 65.2 Å². The molecule has 0 saturated carbocycles. The summed E-state index contributed by atoms with van der Waals surface area (Å²) in [6.45, 7) is 0.192. The van der Waals surface area contributed by atoms with Gasteiger partial charge in [0.1, 0.15) is 6.04 Å². The summed E-state index contributed by atoms with van der Waals surface area (Å²) >= 11 is 0. The Morgan fingerprint density at radius 2 is 1.78 bits per heavy atom. The summed E-state index contributed by atoms with van der Waals surface area (Å²) in [5.41, 5.74) is 1.04. The van der Waals surface area contributed by atoms with Crippen LogP contribution in [0.2, 0.25) is 0 Å². The fraction of sp³-hybridized carbons (Fsp3) is 0.273. The molecule has 3 N–H and O–H groups in total. The second-order valence-electron chi connectivity index (χ2n) is 7.17. The van der Waals surface area contributed by atoms with Gasteiger partial charge in [-0.05, 0) is 48.4 Å². The number of anilines is 1. The minimum absolute atomic E-state index is 0.0329. The molecule has 1 aliphatic heterocycles. The molecule has 1 aliphatic rings. The van der Waals surface area contributed by atoms with Gasteiger partial charge in [0, 0.05) is 31.3 Å². The fourth-order valence-electron chi connectivity index (χ4n) is 3.33.